The number of rotatable bonds is 7. The number of fused-ring (bicyclic) bond motifs is 1. The van der Waals surface area contributed by atoms with Gasteiger partial charge in [0.05, 0.1) is 18.5 Å². The molecule has 0 aliphatic carbocycles. The summed E-state index contributed by atoms with van der Waals surface area (Å²) in [6.07, 6.45) is 1.01. The summed E-state index contributed by atoms with van der Waals surface area (Å²) in [7, 11) is 1.59. The fourth-order valence-corrected chi connectivity index (χ4v) is 3.46. The van der Waals surface area contributed by atoms with Crippen LogP contribution in [0.3, 0.4) is 0 Å². The summed E-state index contributed by atoms with van der Waals surface area (Å²) in [5.41, 5.74) is 8.72. The molecule has 8 nitrogen and oxygen atoms in total. The van der Waals surface area contributed by atoms with Gasteiger partial charge in [-0.1, -0.05) is 0 Å². The fraction of sp³-hybridized carbons (Fsp3) is 0.174. The van der Waals surface area contributed by atoms with E-state index in [0.717, 1.165) is 10.9 Å². The van der Waals surface area contributed by atoms with Crippen LogP contribution >= 0.6 is 0 Å². The van der Waals surface area contributed by atoms with Crippen LogP contribution in [0, 0.1) is 17.1 Å². The Bertz CT molecular complexity index is 1320. The average Bonchev–Trinajstić information content (AvgIpc) is 3.37. The second kappa shape index (κ2) is 8.81. The van der Waals surface area contributed by atoms with Crippen molar-refractivity contribution in [1.82, 2.24) is 20.1 Å². The van der Waals surface area contributed by atoms with Gasteiger partial charge in [-0.3, -0.25) is 4.79 Å². The first-order chi connectivity index (χ1) is 15.5. The summed E-state index contributed by atoms with van der Waals surface area (Å²) >= 11 is 0. The van der Waals surface area contributed by atoms with Gasteiger partial charge in [-0.05, 0) is 55.3 Å². The number of carbonyl (C=O) groups is 1. The number of H-pyrrole nitrogens is 1. The Morgan fingerprint density at radius 3 is 2.78 bits per heavy atom. The zero-order valence-corrected chi connectivity index (χ0v) is 17.4. The number of nitrogen functional groups attached to an aromatic ring is 1. The zero-order valence-electron chi connectivity index (χ0n) is 17.4. The monoisotopic (exact) mass is 432 g/mol. The summed E-state index contributed by atoms with van der Waals surface area (Å²) in [5, 5.41) is 17.7. The van der Waals surface area contributed by atoms with Gasteiger partial charge in [0.15, 0.2) is 0 Å². The molecule has 0 saturated carbocycles. The topological polar surface area (TPSA) is 122 Å². The number of aryl methyl sites for hydroxylation is 1. The predicted octanol–water partition coefficient (Wildman–Crippen LogP) is 3.32. The number of nitrogens with one attached hydrogen (secondary N) is 2. The van der Waals surface area contributed by atoms with Crippen molar-refractivity contribution in [2.45, 2.75) is 12.8 Å². The molecule has 0 saturated heterocycles. The molecule has 9 heteroatoms. The number of methoxy groups -OCH3 is 1. The highest BCUT2D eigenvalue weighted by molar-refractivity contribution is 5.98. The van der Waals surface area contributed by atoms with E-state index in [-0.39, 0.29) is 23.1 Å². The van der Waals surface area contributed by atoms with E-state index in [1.165, 1.54) is 16.8 Å². The van der Waals surface area contributed by atoms with E-state index in [1.807, 2.05) is 18.2 Å². The lowest BCUT2D eigenvalue weighted by atomic mass is 10.1. The Morgan fingerprint density at radius 2 is 2.06 bits per heavy atom. The van der Waals surface area contributed by atoms with Gasteiger partial charge in [-0.25, -0.2) is 9.07 Å². The Labute approximate surface area is 183 Å². The van der Waals surface area contributed by atoms with Crippen LogP contribution < -0.4 is 15.8 Å². The van der Waals surface area contributed by atoms with Crippen LogP contribution in [0.2, 0.25) is 0 Å². The second-order valence-electron chi connectivity index (χ2n) is 7.20. The molecule has 4 aromatic rings. The Hall–Kier alpha value is -4.32. The normalized spacial score (nSPS) is 10.8. The molecule has 162 valence electrons. The highest BCUT2D eigenvalue weighted by Crippen LogP contribution is 2.22. The Kier molecular flexibility index (Phi) is 5.77. The number of halogens is 1. The molecular formula is C23H21FN6O2. The van der Waals surface area contributed by atoms with Crippen molar-refractivity contribution in [3.63, 3.8) is 0 Å². The molecule has 32 heavy (non-hydrogen) atoms. The molecule has 0 atom stereocenters. The van der Waals surface area contributed by atoms with Crippen molar-refractivity contribution in [3.05, 3.63) is 71.3 Å². The minimum absolute atomic E-state index is 0.201. The van der Waals surface area contributed by atoms with Gasteiger partial charge in [-0.15, -0.1) is 0 Å². The lowest BCUT2D eigenvalue weighted by Gasteiger charge is -2.03. The van der Waals surface area contributed by atoms with E-state index < -0.39 is 0 Å². The number of hydrogen-bond acceptors (Lipinski definition) is 5. The molecule has 0 spiro atoms. The van der Waals surface area contributed by atoms with E-state index in [9.17, 15) is 14.4 Å². The third kappa shape index (κ3) is 4.11. The van der Waals surface area contributed by atoms with Crippen molar-refractivity contribution in [1.29, 1.82) is 5.26 Å². The molecule has 0 unspecified atom stereocenters. The van der Waals surface area contributed by atoms with Crippen LogP contribution in [-0.4, -0.2) is 34.3 Å². The lowest BCUT2D eigenvalue weighted by Crippen LogP contribution is -2.25. The predicted molar refractivity (Wildman–Crippen MR) is 118 cm³/mol. The van der Waals surface area contributed by atoms with Gasteiger partial charge < -0.3 is 20.8 Å². The van der Waals surface area contributed by atoms with E-state index >= 15 is 0 Å². The number of carbonyl (C=O) groups excluding carboxylic acids is 1. The molecule has 2 aromatic heterocycles. The number of aromatic nitrogens is 3. The van der Waals surface area contributed by atoms with E-state index in [4.69, 9.17) is 10.5 Å². The highest BCUT2D eigenvalue weighted by atomic mass is 19.1. The van der Waals surface area contributed by atoms with Crippen LogP contribution in [-0.2, 0) is 6.42 Å². The minimum Gasteiger partial charge on any atom is -0.497 e. The first-order valence-electron chi connectivity index (χ1n) is 9.98. The van der Waals surface area contributed by atoms with Crippen LogP contribution in [0.4, 0.5) is 10.2 Å². The molecule has 1 amide bonds. The summed E-state index contributed by atoms with van der Waals surface area (Å²) in [6.45, 7) is 0.395. The molecule has 2 aromatic carbocycles. The van der Waals surface area contributed by atoms with Crippen molar-refractivity contribution < 1.29 is 13.9 Å². The Balaban J connectivity index is 1.39. The van der Waals surface area contributed by atoms with Gasteiger partial charge in [0, 0.05) is 23.5 Å². The first-order valence-corrected chi connectivity index (χ1v) is 9.98. The summed E-state index contributed by atoms with van der Waals surface area (Å²) in [5.74, 6) is 0.313. The molecular weight excluding hydrogens is 411 g/mol. The SMILES string of the molecule is COc1ccc2cc(C(=O)NCCCc3nn(-c4ccc(F)cc4)c(N)c3C#N)[nH]c2c1. The van der Waals surface area contributed by atoms with Gasteiger partial charge in [0.25, 0.3) is 5.91 Å². The standard InChI is InChI=1S/C23H21FN6O2/c1-32-17-9-4-14-11-21(28-20(14)12-17)23(31)27-10-2-3-19-18(13-25)22(26)30(29-19)16-7-5-15(24)6-8-16/h4-9,11-12,28H,2-3,10,26H2,1H3,(H,27,31). The molecule has 0 radical (unpaired) electrons. The maximum absolute atomic E-state index is 13.2. The van der Waals surface area contributed by atoms with E-state index in [0.29, 0.717) is 42.2 Å². The molecule has 0 aliphatic rings. The van der Waals surface area contributed by atoms with Gasteiger partial charge in [0.2, 0.25) is 0 Å². The van der Waals surface area contributed by atoms with Crippen LogP contribution in [0.1, 0.15) is 28.2 Å². The van der Waals surface area contributed by atoms with Crippen molar-refractivity contribution in [2.24, 2.45) is 0 Å². The number of aromatic amines is 1. The highest BCUT2D eigenvalue weighted by Gasteiger charge is 2.17. The van der Waals surface area contributed by atoms with Crippen molar-refractivity contribution in [2.75, 3.05) is 19.4 Å². The smallest absolute Gasteiger partial charge is 0.267 e. The summed E-state index contributed by atoms with van der Waals surface area (Å²) < 4.78 is 19.8. The van der Waals surface area contributed by atoms with E-state index in [1.54, 1.807) is 25.3 Å². The molecule has 0 fully saturated rings. The number of nitrogens with two attached hydrogens (primary N) is 1. The number of amides is 1. The largest absolute Gasteiger partial charge is 0.497 e. The van der Waals surface area contributed by atoms with E-state index in [2.05, 4.69) is 21.5 Å². The first kappa shape index (κ1) is 20.9. The van der Waals surface area contributed by atoms with Gasteiger partial charge in [-0.2, -0.15) is 10.4 Å². The summed E-state index contributed by atoms with van der Waals surface area (Å²) in [6, 6.07) is 15.1. The second-order valence-corrected chi connectivity index (χ2v) is 7.20. The van der Waals surface area contributed by atoms with Crippen molar-refractivity contribution in [3.8, 4) is 17.5 Å². The van der Waals surface area contributed by atoms with Crippen LogP contribution in [0.15, 0.2) is 48.5 Å². The van der Waals surface area contributed by atoms with Crippen LogP contribution in [0.25, 0.3) is 16.6 Å². The number of anilines is 1. The number of hydrogen-bond donors (Lipinski definition) is 3. The number of ether oxygens (including phenoxy) is 1. The number of nitriles is 1. The third-order valence-corrected chi connectivity index (χ3v) is 5.13. The zero-order chi connectivity index (χ0) is 22.7. The third-order valence-electron chi connectivity index (χ3n) is 5.13. The molecule has 0 aliphatic heterocycles. The summed E-state index contributed by atoms with van der Waals surface area (Å²) in [4.78, 5) is 15.6. The number of nitrogens with zero attached hydrogens (tertiary/aromatic N) is 3. The maximum Gasteiger partial charge on any atom is 0.267 e. The van der Waals surface area contributed by atoms with Crippen molar-refractivity contribution >= 4 is 22.6 Å². The Morgan fingerprint density at radius 1 is 1.28 bits per heavy atom. The quantitative estimate of drug-likeness (QED) is 0.387. The maximum atomic E-state index is 13.2. The molecule has 0 bridgehead atoms. The minimum atomic E-state index is -0.370. The molecule has 4 N–H and O–H groups in total. The van der Waals surface area contributed by atoms with Gasteiger partial charge in [0.1, 0.15) is 34.7 Å². The number of benzene rings is 2. The average molecular weight is 432 g/mol. The van der Waals surface area contributed by atoms with Crippen LogP contribution in [0.5, 0.6) is 5.75 Å². The van der Waals surface area contributed by atoms with Gasteiger partial charge >= 0.3 is 0 Å². The molecule has 4 rings (SSSR count). The lowest BCUT2D eigenvalue weighted by molar-refractivity contribution is 0.0949. The molecule has 2 heterocycles. The fourth-order valence-electron chi connectivity index (χ4n) is 3.46.